The summed E-state index contributed by atoms with van der Waals surface area (Å²) in [6.07, 6.45) is 4.19. The molecular formula is C12H12N2O3. The van der Waals surface area contributed by atoms with Gasteiger partial charge in [-0.05, 0) is 23.8 Å². The van der Waals surface area contributed by atoms with Crippen LogP contribution in [0.4, 0.5) is 0 Å². The Labute approximate surface area is 98.9 Å². The van der Waals surface area contributed by atoms with E-state index in [9.17, 15) is 4.79 Å². The summed E-state index contributed by atoms with van der Waals surface area (Å²) >= 11 is 0. The van der Waals surface area contributed by atoms with Crippen molar-refractivity contribution >= 4 is 18.3 Å². The molecule has 0 amide bonds. The van der Waals surface area contributed by atoms with Crippen molar-refractivity contribution in [1.29, 1.82) is 0 Å². The number of esters is 1. The summed E-state index contributed by atoms with van der Waals surface area (Å²) in [5.41, 5.74) is 9.03. The summed E-state index contributed by atoms with van der Waals surface area (Å²) in [7, 11) is 1.60. The zero-order chi connectivity index (χ0) is 12.5. The molecule has 1 aromatic carbocycles. The van der Waals surface area contributed by atoms with Gasteiger partial charge >= 0.3 is 12.2 Å². The number of carbonyl (C=O) groups is 1. The van der Waals surface area contributed by atoms with Crippen LogP contribution in [0, 0.1) is 0 Å². The molecule has 0 radical (unpaired) electrons. The number of carbonyl (C=O) groups excluding carboxylic acids is 1. The second kappa shape index (κ2) is 6.98. The van der Waals surface area contributed by atoms with Crippen molar-refractivity contribution in [2.45, 2.75) is 0 Å². The number of rotatable bonds is 5. The lowest BCUT2D eigenvalue weighted by Gasteiger charge is -1.99. The van der Waals surface area contributed by atoms with E-state index in [4.69, 9.17) is 10.3 Å². The van der Waals surface area contributed by atoms with Crippen molar-refractivity contribution in [3.8, 4) is 5.75 Å². The van der Waals surface area contributed by atoms with E-state index in [0.717, 1.165) is 11.3 Å². The molecule has 0 unspecified atom stereocenters. The maximum absolute atomic E-state index is 10.8. The Kier molecular flexibility index (Phi) is 5.20. The van der Waals surface area contributed by atoms with Crippen LogP contribution >= 0.6 is 0 Å². The maximum atomic E-state index is 10.8. The number of nitrogens with zero attached hydrogens (tertiary/aromatic N) is 2. The highest BCUT2D eigenvalue weighted by atomic mass is 16.5. The van der Waals surface area contributed by atoms with Gasteiger partial charge in [-0.3, -0.25) is 0 Å². The number of hydrogen-bond acceptors (Lipinski definition) is 3. The Morgan fingerprint density at radius 2 is 2.12 bits per heavy atom. The lowest BCUT2D eigenvalue weighted by atomic mass is 10.2. The standard InChI is InChI=1S/C12H12N2O3/c1-16-11-6-4-10(5-7-11)3-2-8-17-12(15)9-14-13/h2-7,9H,8H2,1H3/b3-2+. The first-order valence-corrected chi connectivity index (χ1v) is 4.91. The third-order valence-corrected chi connectivity index (χ3v) is 1.91. The van der Waals surface area contributed by atoms with E-state index in [1.165, 1.54) is 0 Å². The van der Waals surface area contributed by atoms with Crippen LogP contribution < -0.4 is 4.74 Å². The fourth-order valence-corrected chi connectivity index (χ4v) is 1.11. The van der Waals surface area contributed by atoms with Gasteiger partial charge in [0.25, 0.3) is 0 Å². The summed E-state index contributed by atoms with van der Waals surface area (Å²) in [6.45, 7) is 0.122. The van der Waals surface area contributed by atoms with Gasteiger partial charge in [-0.25, -0.2) is 4.79 Å². The molecule has 0 aliphatic carbocycles. The van der Waals surface area contributed by atoms with Crippen LogP contribution in [-0.2, 0) is 9.53 Å². The van der Waals surface area contributed by atoms with Crippen LogP contribution in [-0.4, -0.2) is 30.7 Å². The monoisotopic (exact) mass is 232 g/mol. The zero-order valence-corrected chi connectivity index (χ0v) is 9.37. The Bertz CT molecular complexity index is 445. The number of ether oxygens (including phenoxy) is 2. The average molecular weight is 232 g/mol. The molecule has 0 bridgehead atoms. The predicted molar refractivity (Wildman–Crippen MR) is 62.7 cm³/mol. The van der Waals surface area contributed by atoms with E-state index >= 15 is 0 Å². The lowest BCUT2D eigenvalue weighted by molar-refractivity contribution is -0.137. The molecule has 0 fully saturated rings. The van der Waals surface area contributed by atoms with Crippen LogP contribution in [0.15, 0.2) is 30.3 Å². The first-order valence-electron chi connectivity index (χ1n) is 4.91. The fraction of sp³-hybridized carbons (Fsp3) is 0.167. The Hall–Kier alpha value is -2.39. The van der Waals surface area contributed by atoms with Crippen molar-refractivity contribution in [1.82, 2.24) is 0 Å². The largest absolute Gasteiger partial charge is 0.497 e. The van der Waals surface area contributed by atoms with Gasteiger partial charge in [0.15, 0.2) is 0 Å². The summed E-state index contributed by atoms with van der Waals surface area (Å²) in [5.74, 6) is 0.0969. The van der Waals surface area contributed by atoms with Crippen molar-refractivity contribution < 1.29 is 19.1 Å². The van der Waals surface area contributed by atoms with Gasteiger partial charge in [0.2, 0.25) is 0 Å². The minimum absolute atomic E-state index is 0.122. The number of methoxy groups -OCH3 is 1. The molecule has 5 heteroatoms. The molecule has 0 aliphatic heterocycles. The second-order valence-corrected chi connectivity index (χ2v) is 3.05. The zero-order valence-electron chi connectivity index (χ0n) is 9.37. The van der Waals surface area contributed by atoms with Gasteiger partial charge in [-0.2, -0.15) is 4.79 Å². The third-order valence-electron chi connectivity index (χ3n) is 1.91. The molecule has 1 rings (SSSR count). The van der Waals surface area contributed by atoms with Crippen molar-refractivity contribution in [2.24, 2.45) is 0 Å². The van der Waals surface area contributed by atoms with Gasteiger partial charge < -0.3 is 15.0 Å². The minimum Gasteiger partial charge on any atom is -0.497 e. The van der Waals surface area contributed by atoms with Crippen LogP contribution in [0.25, 0.3) is 11.6 Å². The predicted octanol–water partition coefficient (Wildman–Crippen LogP) is 1.55. The Morgan fingerprint density at radius 3 is 2.71 bits per heavy atom. The van der Waals surface area contributed by atoms with E-state index in [1.807, 2.05) is 30.3 Å². The number of hydrogen-bond donors (Lipinski definition) is 0. The van der Waals surface area contributed by atoms with Crippen LogP contribution in [0.5, 0.6) is 5.75 Å². The molecule has 0 aromatic heterocycles. The molecule has 0 heterocycles. The Balaban J connectivity index is 2.42. The minimum atomic E-state index is -0.688. The quantitative estimate of drug-likeness (QED) is 0.334. The van der Waals surface area contributed by atoms with Crippen molar-refractivity contribution in [2.75, 3.05) is 13.7 Å². The molecule has 0 N–H and O–H groups in total. The molecule has 1 aromatic rings. The molecule has 0 aliphatic rings. The highest BCUT2D eigenvalue weighted by Gasteiger charge is 1.99. The molecule has 0 spiro atoms. The smallest absolute Gasteiger partial charge is 0.413 e. The van der Waals surface area contributed by atoms with E-state index < -0.39 is 5.97 Å². The van der Waals surface area contributed by atoms with Crippen LogP contribution in [0.3, 0.4) is 0 Å². The maximum Gasteiger partial charge on any atom is 0.413 e. The normalized spacial score (nSPS) is 9.71. The summed E-state index contributed by atoms with van der Waals surface area (Å²) in [5, 5.41) is 0. The summed E-state index contributed by atoms with van der Waals surface area (Å²) < 4.78 is 9.71. The third kappa shape index (κ3) is 4.77. The SMILES string of the molecule is COc1ccc(/C=C/COC(=O)C=[N+]=[N-])cc1. The fourth-order valence-electron chi connectivity index (χ4n) is 1.11. The van der Waals surface area contributed by atoms with E-state index in [-0.39, 0.29) is 6.61 Å². The van der Waals surface area contributed by atoms with Gasteiger partial charge in [0.05, 0.1) is 7.11 Å². The highest BCUT2D eigenvalue weighted by molar-refractivity contribution is 6.20. The van der Waals surface area contributed by atoms with Gasteiger partial charge in [0.1, 0.15) is 12.4 Å². The summed E-state index contributed by atoms with van der Waals surface area (Å²) in [6, 6.07) is 7.44. The molecule has 0 saturated heterocycles. The highest BCUT2D eigenvalue weighted by Crippen LogP contribution is 2.12. The van der Waals surface area contributed by atoms with Gasteiger partial charge in [-0.15, -0.1) is 0 Å². The van der Waals surface area contributed by atoms with Crippen LogP contribution in [0.1, 0.15) is 5.56 Å². The molecule has 0 saturated carbocycles. The topological polar surface area (TPSA) is 71.9 Å². The summed E-state index contributed by atoms with van der Waals surface area (Å²) in [4.78, 5) is 13.3. The lowest BCUT2D eigenvalue weighted by Crippen LogP contribution is -2.05. The average Bonchev–Trinajstić information content (AvgIpc) is 2.36. The molecular weight excluding hydrogens is 220 g/mol. The first kappa shape index (κ1) is 12.7. The molecule has 0 atom stereocenters. The van der Waals surface area contributed by atoms with Gasteiger partial charge in [-0.1, -0.05) is 18.2 Å². The van der Waals surface area contributed by atoms with E-state index in [2.05, 4.69) is 9.53 Å². The first-order chi connectivity index (χ1) is 8.26. The van der Waals surface area contributed by atoms with E-state index in [1.54, 1.807) is 13.2 Å². The van der Waals surface area contributed by atoms with Crippen molar-refractivity contribution in [3.05, 3.63) is 41.4 Å². The molecule has 5 nitrogen and oxygen atoms in total. The Morgan fingerprint density at radius 1 is 1.41 bits per heavy atom. The second-order valence-electron chi connectivity index (χ2n) is 3.05. The van der Waals surface area contributed by atoms with Gasteiger partial charge in [0, 0.05) is 0 Å². The number of benzene rings is 1. The molecule has 17 heavy (non-hydrogen) atoms. The van der Waals surface area contributed by atoms with Crippen LogP contribution in [0.2, 0.25) is 0 Å². The molecule has 88 valence electrons. The van der Waals surface area contributed by atoms with Crippen molar-refractivity contribution in [3.63, 3.8) is 0 Å². The van der Waals surface area contributed by atoms with E-state index in [0.29, 0.717) is 6.21 Å².